The molecule has 6 nitrogen and oxygen atoms in total. The van der Waals surface area contributed by atoms with Gasteiger partial charge in [0.15, 0.2) is 0 Å². The highest BCUT2D eigenvalue weighted by Crippen LogP contribution is 2.20. The first-order chi connectivity index (χ1) is 12.5. The summed E-state index contributed by atoms with van der Waals surface area (Å²) in [6, 6.07) is 8.25. The molecular formula is C20H24N4O2. The molecule has 1 atom stereocenters. The van der Waals surface area contributed by atoms with Crippen LogP contribution in [0.1, 0.15) is 48.2 Å². The third-order valence-corrected chi connectivity index (χ3v) is 4.38. The Labute approximate surface area is 152 Å². The molecule has 26 heavy (non-hydrogen) atoms. The van der Waals surface area contributed by atoms with Crippen molar-refractivity contribution in [3.8, 4) is 0 Å². The molecule has 0 aliphatic heterocycles. The summed E-state index contributed by atoms with van der Waals surface area (Å²) in [7, 11) is 0. The van der Waals surface area contributed by atoms with E-state index in [0.717, 1.165) is 5.56 Å². The van der Waals surface area contributed by atoms with Gasteiger partial charge in [0, 0.05) is 30.9 Å². The van der Waals surface area contributed by atoms with Gasteiger partial charge in [0.05, 0.1) is 11.7 Å². The number of aromatic amines is 1. The average molecular weight is 352 g/mol. The van der Waals surface area contributed by atoms with Crippen LogP contribution in [0.4, 0.5) is 0 Å². The third kappa shape index (κ3) is 3.91. The Morgan fingerprint density at radius 3 is 2.62 bits per heavy atom. The molecule has 0 spiro atoms. The Morgan fingerprint density at radius 1 is 1.23 bits per heavy atom. The fraction of sp³-hybridized carbons (Fsp3) is 0.350. The summed E-state index contributed by atoms with van der Waals surface area (Å²) >= 11 is 0. The van der Waals surface area contributed by atoms with Gasteiger partial charge < -0.3 is 15.0 Å². The van der Waals surface area contributed by atoms with Crippen molar-refractivity contribution < 1.29 is 9.90 Å². The zero-order valence-electron chi connectivity index (χ0n) is 15.3. The number of rotatable bonds is 6. The minimum Gasteiger partial charge on any atom is -0.392 e. The number of aliphatic hydroxyl groups is 1. The molecule has 0 bridgehead atoms. The van der Waals surface area contributed by atoms with Gasteiger partial charge in [-0.2, -0.15) is 0 Å². The molecule has 1 aromatic carbocycles. The number of hydrogen-bond donors (Lipinski definition) is 2. The van der Waals surface area contributed by atoms with E-state index in [1.807, 2.05) is 12.1 Å². The molecule has 3 rings (SSSR count). The lowest BCUT2D eigenvalue weighted by Crippen LogP contribution is -2.36. The summed E-state index contributed by atoms with van der Waals surface area (Å²) < 4.78 is 0. The number of benzene rings is 1. The molecule has 0 aliphatic carbocycles. The first kappa shape index (κ1) is 18.1. The number of hydrogen-bond acceptors (Lipinski definition) is 4. The van der Waals surface area contributed by atoms with Gasteiger partial charge in [0.25, 0.3) is 5.91 Å². The lowest BCUT2D eigenvalue weighted by atomic mass is 10.0. The Balaban J connectivity index is 1.86. The molecular weight excluding hydrogens is 328 g/mol. The molecule has 1 amide bonds. The predicted octanol–water partition coefficient (Wildman–Crippen LogP) is 3.10. The van der Waals surface area contributed by atoms with Crippen LogP contribution in [0, 0.1) is 0 Å². The van der Waals surface area contributed by atoms with E-state index < -0.39 is 6.10 Å². The number of amides is 1. The highest BCUT2D eigenvalue weighted by molar-refractivity contribution is 6.05. The number of H-pyrrole nitrogens is 1. The van der Waals surface area contributed by atoms with Crippen molar-refractivity contribution in [3.05, 3.63) is 59.7 Å². The van der Waals surface area contributed by atoms with Crippen molar-refractivity contribution in [2.45, 2.75) is 39.3 Å². The van der Waals surface area contributed by atoms with Gasteiger partial charge in [-0.15, -0.1) is 0 Å². The second-order valence-electron chi connectivity index (χ2n) is 6.92. The van der Waals surface area contributed by atoms with Crippen LogP contribution in [0.3, 0.4) is 0 Å². The van der Waals surface area contributed by atoms with Crippen LogP contribution < -0.4 is 0 Å². The fourth-order valence-corrected chi connectivity index (χ4v) is 2.97. The molecule has 2 heterocycles. The van der Waals surface area contributed by atoms with Gasteiger partial charge in [-0.05, 0) is 24.0 Å². The molecule has 2 aromatic heterocycles. The van der Waals surface area contributed by atoms with Crippen molar-refractivity contribution in [1.29, 1.82) is 0 Å². The van der Waals surface area contributed by atoms with Crippen molar-refractivity contribution >= 4 is 16.9 Å². The normalized spacial score (nSPS) is 12.5. The molecule has 6 heteroatoms. The summed E-state index contributed by atoms with van der Waals surface area (Å²) in [5, 5.41) is 10.5. The zero-order valence-corrected chi connectivity index (χ0v) is 15.3. The molecule has 0 fully saturated rings. The van der Waals surface area contributed by atoms with Gasteiger partial charge in [0.1, 0.15) is 12.0 Å². The van der Waals surface area contributed by atoms with Crippen LogP contribution >= 0.6 is 0 Å². The summed E-state index contributed by atoms with van der Waals surface area (Å²) in [6.45, 7) is 6.67. The topological polar surface area (TPSA) is 82.1 Å². The minimum atomic E-state index is -0.615. The second kappa shape index (κ2) is 7.66. The van der Waals surface area contributed by atoms with Crippen LogP contribution in [0.2, 0.25) is 0 Å². The minimum absolute atomic E-state index is 0.153. The lowest BCUT2D eigenvalue weighted by molar-refractivity contribution is 0.0632. The molecule has 3 aromatic rings. The van der Waals surface area contributed by atoms with Crippen LogP contribution in [-0.4, -0.2) is 43.5 Å². The van der Waals surface area contributed by atoms with Gasteiger partial charge in [-0.3, -0.25) is 4.79 Å². The Morgan fingerprint density at radius 2 is 1.96 bits per heavy atom. The molecule has 0 radical (unpaired) electrons. The molecule has 1 unspecified atom stereocenters. The largest absolute Gasteiger partial charge is 0.392 e. The number of carbonyl (C=O) groups is 1. The molecule has 0 saturated heterocycles. The van der Waals surface area contributed by atoms with Crippen LogP contribution in [0.25, 0.3) is 11.0 Å². The maximum atomic E-state index is 13.1. The monoisotopic (exact) mass is 352 g/mol. The third-order valence-electron chi connectivity index (χ3n) is 4.38. The lowest BCUT2D eigenvalue weighted by Gasteiger charge is -2.24. The van der Waals surface area contributed by atoms with Crippen molar-refractivity contribution in [2.75, 3.05) is 6.54 Å². The van der Waals surface area contributed by atoms with E-state index in [1.165, 1.54) is 11.9 Å². The maximum Gasteiger partial charge on any atom is 0.256 e. The number of carbonyl (C=O) groups excluding carboxylic acids is 1. The van der Waals surface area contributed by atoms with E-state index in [1.54, 1.807) is 24.2 Å². The smallest absolute Gasteiger partial charge is 0.256 e. The SMILES string of the molecule is CC(O)CN(Cc1ccc(C(C)C)cc1)C(=O)c1c[nH]c2ncncc12. The van der Waals surface area contributed by atoms with Crippen molar-refractivity contribution in [3.63, 3.8) is 0 Å². The standard InChI is InChI=1S/C20H24N4O2/c1-13(2)16-6-4-15(5-7-16)11-24(10-14(3)25)20(26)18-9-22-19-17(18)8-21-12-23-19/h4-9,12-14,25H,10-11H2,1-3H3,(H,21,22,23). The Kier molecular flexibility index (Phi) is 5.32. The zero-order chi connectivity index (χ0) is 18.7. The molecule has 0 saturated carbocycles. The second-order valence-corrected chi connectivity index (χ2v) is 6.92. The van der Waals surface area contributed by atoms with Crippen LogP contribution in [0.15, 0.2) is 43.0 Å². The fourth-order valence-electron chi connectivity index (χ4n) is 2.97. The predicted molar refractivity (Wildman–Crippen MR) is 101 cm³/mol. The van der Waals surface area contributed by atoms with E-state index in [2.05, 4.69) is 40.9 Å². The highest BCUT2D eigenvalue weighted by Gasteiger charge is 2.21. The Hall–Kier alpha value is -2.73. The van der Waals surface area contributed by atoms with E-state index in [-0.39, 0.29) is 12.5 Å². The summed E-state index contributed by atoms with van der Waals surface area (Å²) in [4.78, 5) is 25.9. The summed E-state index contributed by atoms with van der Waals surface area (Å²) in [5.41, 5.74) is 3.43. The van der Waals surface area contributed by atoms with E-state index in [9.17, 15) is 9.90 Å². The van der Waals surface area contributed by atoms with E-state index in [0.29, 0.717) is 29.1 Å². The first-order valence-corrected chi connectivity index (χ1v) is 8.79. The molecule has 0 aliphatic rings. The number of nitrogens with one attached hydrogen (secondary N) is 1. The van der Waals surface area contributed by atoms with Crippen LogP contribution in [-0.2, 0) is 6.54 Å². The quantitative estimate of drug-likeness (QED) is 0.714. The van der Waals surface area contributed by atoms with Crippen molar-refractivity contribution in [2.24, 2.45) is 0 Å². The van der Waals surface area contributed by atoms with Gasteiger partial charge in [-0.1, -0.05) is 38.1 Å². The highest BCUT2D eigenvalue weighted by atomic mass is 16.3. The first-order valence-electron chi connectivity index (χ1n) is 8.79. The summed E-state index contributed by atoms with van der Waals surface area (Å²) in [6.07, 6.45) is 4.11. The Bertz CT molecular complexity index is 884. The number of fused-ring (bicyclic) bond motifs is 1. The maximum absolute atomic E-state index is 13.1. The van der Waals surface area contributed by atoms with E-state index in [4.69, 9.17) is 0 Å². The summed E-state index contributed by atoms with van der Waals surface area (Å²) in [5.74, 6) is 0.311. The van der Waals surface area contributed by atoms with Crippen molar-refractivity contribution in [1.82, 2.24) is 19.9 Å². The number of nitrogens with zero attached hydrogens (tertiary/aromatic N) is 3. The number of aliphatic hydroxyl groups excluding tert-OH is 1. The number of aromatic nitrogens is 3. The van der Waals surface area contributed by atoms with Crippen LogP contribution in [0.5, 0.6) is 0 Å². The van der Waals surface area contributed by atoms with Gasteiger partial charge in [0.2, 0.25) is 0 Å². The van der Waals surface area contributed by atoms with Gasteiger partial charge >= 0.3 is 0 Å². The van der Waals surface area contributed by atoms with Gasteiger partial charge in [-0.25, -0.2) is 9.97 Å². The molecule has 2 N–H and O–H groups in total. The average Bonchev–Trinajstić information content (AvgIpc) is 3.04. The van der Waals surface area contributed by atoms with E-state index >= 15 is 0 Å². The molecule has 136 valence electrons.